The molecule has 0 spiro atoms. The van der Waals surface area contributed by atoms with E-state index < -0.39 is 0 Å². The molecule has 6 nitrogen and oxygen atoms in total. The van der Waals surface area contributed by atoms with Crippen molar-refractivity contribution in [3.8, 4) is 0 Å². The Kier molecular flexibility index (Phi) is 3.61. The Hall–Kier alpha value is -2.21. The Morgan fingerprint density at radius 1 is 1.43 bits per heavy atom. The molecule has 2 atom stereocenters. The Morgan fingerprint density at radius 2 is 2.35 bits per heavy atom. The lowest BCUT2D eigenvalue weighted by Crippen LogP contribution is -2.50. The van der Waals surface area contributed by atoms with Crippen LogP contribution in [-0.4, -0.2) is 45.0 Å². The molecule has 1 aromatic carbocycles. The van der Waals surface area contributed by atoms with Crippen molar-refractivity contribution in [2.24, 2.45) is 0 Å². The van der Waals surface area contributed by atoms with Crippen molar-refractivity contribution in [2.45, 2.75) is 38.5 Å². The Labute approximate surface area is 135 Å². The normalized spacial score (nSPS) is 23.3. The van der Waals surface area contributed by atoms with Crippen molar-refractivity contribution < 1.29 is 9.53 Å². The summed E-state index contributed by atoms with van der Waals surface area (Å²) < 4.78 is 7.82. The first-order valence-corrected chi connectivity index (χ1v) is 8.05. The average Bonchev–Trinajstić information content (AvgIpc) is 3.03. The summed E-state index contributed by atoms with van der Waals surface area (Å²) in [5.74, 6) is 0.168. The van der Waals surface area contributed by atoms with Gasteiger partial charge >= 0.3 is 0 Å². The average molecular weight is 312 g/mol. The number of fused-ring (bicyclic) bond motifs is 3. The molecule has 4 rings (SSSR count). The molecular formula is C17H20N4O2. The van der Waals surface area contributed by atoms with Crippen LogP contribution in [0.4, 0.5) is 0 Å². The molecule has 1 saturated heterocycles. The molecule has 2 aromatic rings. The zero-order valence-corrected chi connectivity index (χ0v) is 13.2. The topological polar surface area (TPSA) is 60.3 Å². The minimum Gasteiger partial charge on any atom is -0.370 e. The van der Waals surface area contributed by atoms with Crippen molar-refractivity contribution in [2.75, 3.05) is 13.1 Å². The molecular weight excluding hydrogens is 292 g/mol. The van der Waals surface area contributed by atoms with Crippen LogP contribution in [0, 0.1) is 6.92 Å². The molecule has 120 valence electrons. The van der Waals surface area contributed by atoms with Gasteiger partial charge in [0.2, 0.25) is 5.91 Å². The lowest BCUT2D eigenvalue weighted by molar-refractivity contribution is -0.137. The monoisotopic (exact) mass is 312 g/mol. The first-order chi connectivity index (χ1) is 11.2. The van der Waals surface area contributed by atoms with E-state index in [2.05, 4.69) is 16.4 Å². The number of hydrogen-bond donors (Lipinski definition) is 0. The summed E-state index contributed by atoms with van der Waals surface area (Å²) in [6.45, 7) is 4.00. The van der Waals surface area contributed by atoms with Crippen molar-refractivity contribution in [1.29, 1.82) is 0 Å². The van der Waals surface area contributed by atoms with Gasteiger partial charge in [0, 0.05) is 13.1 Å². The van der Waals surface area contributed by atoms with Gasteiger partial charge < -0.3 is 9.64 Å². The van der Waals surface area contributed by atoms with Crippen molar-refractivity contribution >= 4 is 5.91 Å². The van der Waals surface area contributed by atoms with Crippen LogP contribution in [0.15, 0.2) is 30.5 Å². The number of nitrogens with zero attached hydrogens (tertiary/aromatic N) is 4. The summed E-state index contributed by atoms with van der Waals surface area (Å²) in [6.07, 6.45) is 3.17. The number of amides is 1. The number of carbonyl (C=O) groups excluding carboxylic acids is 1. The van der Waals surface area contributed by atoms with Crippen LogP contribution < -0.4 is 0 Å². The maximum atomic E-state index is 12.6. The van der Waals surface area contributed by atoms with Gasteiger partial charge in [-0.25, -0.2) is 4.68 Å². The standard InChI is InChI=1S/C17H20N4O2/c1-12-3-2-4-13(7-12)8-17(22)20-6-5-16-15(10-20)21-14(11-23-16)9-18-19-21/h2-4,7,9,15-16H,5-6,8,10-11H2,1H3. The zero-order chi connectivity index (χ0) is 15.8. The second-order valence-corrected chi connectivity index (χ2v) is 6.38. The fraction of sp³-hybridized carbons (Fsp3) is 0.471. The molecule has 2 unspecified atom stereocenters. The highest BCUT2D eigenvalue weighted by Crippen LogP contribution is 2.30. The van der Waals surface area contributed by atoms with Gasteiger partial charge in [0.25, 0.3) is 0 Å². The van der Waals surface area contributed by atoms with Crippen LogP contribution in [0.25, 0.3) is 0 Å². The number of hydrogen-bond acceptors (Lipinski definition) is 4. The number of rotatable bonds is 2. The Morgan fingerprint density at radius 3 is 3.22 bits per heavy atom. The van der Waals surface area contributed by atoms with Crippen LogP contribution in [-0.2, 0) is 22.6 Å². The molecule has 1 aromatic heterocycles. The molecule has 1 amide bonds. The van der Waals surface area contributed by atoms with Crippen LogP contribution >= 0.6 is 0 Å². The number of aromatic nitrogens is 3. The predicted molar refractivity (Wildman–Crippen MR) is 83.7 cm³/mol. The fourth-order valence-corrected chi connectivity index (χ4v) is 3.51. The molecule has 23 heavy (non-hydrogen) atoms. The number of benzene rings is 1. The minimum atomic E-state index is 0.0801. The van der Waals surface area contributed by atoms with E-state index in [0.29, 0.717) is 19.6 Å². The molecule has 2 aliphatic heterocycles. The highest BCUT2D eigenvalue weighted by Gasteiger charge is 2.37. The molecule has 0 N–H and O–H groups in total. The second-order valence-electron chi connectivity index (χ2n) is 6.38. The lowest BCUT2D eigenvalue weighted by atomic mass is 9.99. The molecule has 6 heteroatoms. The second kappa shape index (κ2) is 5.77. The summed E-state index contributed by atoms with van der Waals surface area (Å²) in [5, 5.41) is 8.15. The zero-order valence-electron chi connectivity index (χ0n) is 13.2. The quantitative estimate of drug-likeness (QED) is 0.843. The molecule has 0 saturated carbocycles. The summed E-state index contributed by atoms with van der Waals surface area (Å²) in [5.41, 5.74) is 3.24. The maximum absolute atomic E-state index is 12.6. The molecule has 1 fully saturated rings. The van der Waals surface area contributed by atoms with Crippen molar-refractivity contribution in [3.63, 3.8) is 0 Å². The number of likely N-dealkylation sites (tertiary alicyclic amines) is 1. The van der Waals surface area contributed by atoms with Crippen LogP contribution in [0.5, 0.6) is 0 Å². The van der Waals surface area contributed by atoms with Gasteiger partial charge in [-0.1, -0.05) is 35.0 Å². The van der Waals surface area contributed by atoms with E-state index in [1.807, 2.05) is 34.7 Å². The van der Waals surface area contributed by atoms with Crippen molar-refractivity contribution in [1.82, 2.24) is 19.9 Å². The molecule has 3 heterocycles. The summed E-state index contributed by atoms with van der Waals surface area (Å²) in [4.78, 5) is 14.6. The predicted octanol–water partition coefficient (Wildman–Crippen LogP) is 1.50. The number of carbonyl (C=O) groups is 1. The number of aryl methyl sites for hydroxylation is 1. The van der Waals surface area contributed by atoms with E-state index in [0.717, 1.165) is 24.2 Å². The Balaban J connectivity index is 1.48. The lowest BCUT2D eigenvalue weighted by Gasteiger charge is -2.41. The number of ether oxygens (including phenoxy) is 1. The Bertz CT molecular complexity index is 727. The third kappa shape index (κ3) is 2.74. The third-order valence-corrected chi connectivity index (χ3v) is 4.72. The highest BCUT2D eigenvalue weighted by atomic mass is 16.5. The molecule has 0 radical (unpaired) electrons. The fourth-order valence-electron chi connectivity index (χ4n) is 3.51. The first kappa shape index (κ1) is 14.4. The van der Waals surface area contributed by atoms with Crippen LogP contribution in [0.3, 0.4) is 0 Å². The number of piperidine rings is 1. The molecule has 0 bridgehead atoms. The maximum Gasteiger partial charge on any atom is 0.227 e. The minimum absolute atomic E-state index is 0.0801. The largest absolute Gasteiger partial charge is 0.370 e. The SMILES string of the molecule is Cc1cccc(CC(=O)N2CCC3OCc4cnnn4C3C2)c1. The van der Waals surface area contributed by atoms with E-state index >= 15 is 0 Å². The summed E-state index contributed by atoms with van der Waals surface area (Å²) in [7, 11) is 0. The van der Waals surface area contributed by atoms with Gasteiger partial charge in [0.15, 0.2) is 0 Å². The van der Waals surface area contributed by atoms with E-state index in [1.165, 1.54) is 5.56 Å². The summed E-state index contributed by atoms with van der Waals surface area (Å²) >= 11 is 0. The van der Waals surface area contributed by atoms with E-state index in [9.17, 15) is 4.79 Å². The molecule has 2 aliphatic rings. The van der Waals surface area contributed by atoms with Gasteiger partial charge in [-0.05, 0) is 18.9 Å². The first-order valence-electron chi connectivity index (χ1n) is 8.05. The molecule has 0 aliphatic carbocycles. The van der Waals surface area contributed by atoms with E-state index in [1.54, 1.807) is 6.20 Å². The van der Waals surface area contributed by atoms with Gasteiger partial charge in [-0.15, -0.1) is 5.10 Å². The summed E-state index contributed by atoms with van der Waals surface area (Å²) in [6, 6.07) is 8.21. The van der Waals surface area contributed by atoms with Crippen LogP contribution in [0.2, 0.25) is 0 Å². The van der Waals surface area contributed by atoms with Gasteiger partial charge in [-0.3, -0.25) is 4.79 Å². The van der Waals surface area contributed by atoms with E-state index in [-0.39, 0.29) is 18.1 Å². The highest BCUT2D eigenvalue weighted by molar-refractivity contribution is 5.79. The van der Waals surface area contributed by atoms with Gasteiger partial charge in [0.05, 0.1) is 37.1 Å². The van der Waals surface area contributed by atoms with E-state index in [4.69, 9.17) is 4.74 Å². The van der Waals surface area contributed by atoms with Crippen LogP contribution in [0.1, 0.15) is 29.3 Å². The van der Waals surface area contributed by atoms with Gasteiger partial charge in [-0.2, -0.15) is 0 Å². The van der Waals surface area contributed by atoms with Gasteiger partial charge in [0.1, 0.15) is 0 Å². The third-order valence-electron chi connectivity index (χ3n) is 4.72. The van der Waals surface area contributed by atoms with Crippen molar-refractivity contribution in [3.05, 3.63) is 47.3 Å². The smallest absolute Gasteiger partial charge is 0.227 e.